The maximum absolute atomic E-state index is 12.3. The quantitative estimate of drug-likeness (QED) is 0.720. The van der Waals surface area contributed by atoms with E-state index in [1.54, 1.807) is 6.92 Å². The molecule has 5 atom stereocenters. The van der Waals surface area contributed by atoms with Crippen LogP contribution in [0.15, 0.2) is 0 Å². The first kappa shape index (κ1) is 17.0. The van der Waals surface area contributed by atoms with Crippen LogP contribution in [0.1, 0.15) is 47.5 Å². The lowest BCUT2D eigenvalue weighted by Gasteiger charge is -2.36. The maximum Gasteiger partial charge on any atom is 0.242 e. The van der Waals surface area contributed by atoms with Gasteiger partial charge in [-0.25, -0.2) is 0 Å². The zero-order valence-electron chi connectivity index (χ0n) is 13.3. The zero-order valence-corrected chi connectivity index (χ0v) is 13.3. The zero-order chi connectivity index (χ0) is 15.4. The lowest BCUT2D eigenvalue weighted by molar-refractivity contribution is -0.133. The molecule has 0 saturated heterocycles. The van der Waals surface area contributed by atoms with Crippen molar-refractivity contribution >= 4 is 11.8 Å². The molecule has 0 aromatic rings. The summed E-state index contributed by atoms with van der Waals surface area (Å²) in [5.74, 6) is 0.483. The standard InChI is InChI=1S/C15H29N3O2/c1-8(2)17-14(19)11(5)18-15(20)12-7-13(16)10(4)6-9(12)3/h8-13H,6-7,16H2,1-5H3,(H,17,19)(H,18,20). The monoisotopic (exact) mass is 283 g/mol. The van der Waals surface area contributed by atoms with E-state index in [2.05, 4.69) is 24.5 Å². The van der Waals surface area contributed by atoms with Crippen LogP contribution in [0.25, 0.3) is 0 Å². The van der Waals surface area contributed by atoms with E-state index in [1.165, 1.54) is 0 Å². The van der Waals surface area contributed by atoms with Crippen molar-refractivity contribution in [2.24, 2.45) is 23.5 Å². The first-order valence-corrected chi connectivity index (χ1v) is 7.58. The van der Waals surface area contributed by atoms with Gasteiger partial charge in [0.25, 0.3) is 0 Å². The third-order valence-corrected chi connectivity index (χ3v) is 4.21. The molecule has 1 saturated carbocycles. The molecule has 0 bridgehead atoms. The molecule has 1 rings (SSSR count). The Labute approximate surface area is 122 Å². The van der Waals surface area contributed by atoms with Gasteiger partial charge in [0.1, 0.15) is 6.04 Å². The second kappa shape index (κ2) is 7.07. The Morgan fingerprint density at radius 2 is 1.65 bits per heavy atom. The molecule has 0 heterocycles. The van der Waals surface area contributed by atoms with Crippen molar-refractivity contribution < 1.29 is 9.59 Å². The molecule has 4 N–H and O–H groups in total. The molecule has 5 heteroatoms. The largest absolute Gasteiger partial charge is 0.352 e. The number of hydrogen-bond acceptors (Lipinski definition) is 3. The predicted octanol–water partition coefficient (Wildman–Crippen LogP) is 1.03. The highest BCUT2D eigenvalue weighted by molar-refractivity contribution is 5.88. The fourth-order valence-corrected chi connectivity index (χ4v) is 2.84. The number of nitrogens with one attached hydrogen (secondary N) is 2. The van der Waals surface area contributed by atoms with Gasteiger partial charge in [0.15, 0.2) is 0 Å². The SMILES string of the molecule is CC(C)NC(=O)C(C)NC(=O)C1CC(N)C(C)CC1C. The molecule has 2 amide bonds. The minimum atomic E-state index is -0.507. The van der Waals surface area contributed by atoms with Crippen LogP contribution in [-0.2, 0) is 9.59 Å². The lowest BCUT2D eigenvalue weighted by atomic mass is 9.72. The van der Waals surface area contributed by atoms with Crippen LogP contribution < -0.4 is 16.4 Å². The second-order valence-corrected chi connectivity index (χ2v) is 6.59. The molecule has 5 nitrogen and oxygen atoms in total. The average molecular weight is 283 g/mol. The molecule has 0 aromatic carbocycles. The van der Waals surface area contributed by atoms with Crippen LogP contribution in [-0.4, -0.2) is 29.9 Å². The Morgan fingerprint density at radius 3 is 2.20 bits per heavy atom. The number of carbonyl (C=O) groups excluding carboxylic acids is 2. The molecular weight excluding hydrogens is 254 g/mol. The molecule has 116 valence electrons. The predicted molar refractivity (Wildman–Crippen MR) is 79.9 cm³/mol. The molecular formula is C15H29N3O2. The van der Waals surface area contributed by atoms with E-state index in [1.807, 2.05) is 13.8 Å². The summed E-state index contributed by atoms with van der Waals surface area (Å²) in [5.41, 5.74) is 6.07. The third-order valence-electron chi connectivity index (χ3n) is 4.21. The minimum Gasteiger partial charge on any atom is -0.352 e. The van der Waals surface area contributed by atoms with Crippen LogP contribution >= 0.6 is 0 Å². The van der Waals surface area contributed by atoms with Crippen molar-refractivity contribution in [2.45, 2.75) is 65.6 Å². The van der Waals surface area contributed by atoms with Gasteiger partial charge in [-0.2, -0.15) is 0 Å². The van der Waals surface area contributed by atoms with Crippen molar-refractivity contribution in [3.8, 4) is 0 Å². The van der Waals surface area contributed by atoms with E-state index < -0.39 is 6.04 Å². The van der Waals surface area contributed by atoms with Gasteiger partial charge in [-0.15, -0.1) is 0 Å². The molecule has 0 aliphatic heterocycles. The summed E-state index contributed by atoms with van der Waals surface area (Å²) < 4.78 is 0. The van der Waals surface area contributed by atoms with Gasteiger partial charge in [0.05, 0.1) is 0 Å². The fraction of sp³-hybridized carbons (Fsp3) is 0.867. The van der Waals surface area contributed by atoms with Crippen molar-refractivity contribution in [3.05, 3.63) is 0 Å². The third kappa shape index (κ3) is 4.47. The van der Waals surface area contributed by atoms with E-state index in [0.717, 1.165) is 6.42 Å². The molecule has 1 aliphatic rings. The van der Waals surface area contributed by atoms with Crippen LogP contribution in [0.3, 0.4) is 0 Å². The van der Waals surface area contributed by atoms with E-state index in [4.69, 9.17) is 5.73 Å². The van der Waals surface area contributed by atoms with E-state index in [0.29, 0.717) is 18.3 Å². The Hall–Kier alpha value is -1.10. The minimum absolute atomic E-state index is 0.0498. The van der Waals surface area contributed by atoms with Crippen LogP contribution in [0.2, 0.25) is 0 Å². The summed E-state index contributed by atoms with van der Waals surface area (Å²) in [4.78, 5) is 24.1. The molecule has 0 aromatic heterocycles. The van der Waals surface area contributed by atoms with E-state index in [-0.39, 0.29) is 29.8 Å². The summed E-state index contributed by atoms with van der Waals surface area (Å²) in [7, 11) is 0. The van der Waals surface area contributed by atoms with Gasteiger partial charge in [0, 0.05) is 18.0 Å². The Balaban J connectivity index is 2.55. The molecule has 1 aliphatic carbocycles. The molecule has 5 unspecified atom stereocenters. The van der Waals surface area contributed by atoms with Gasteiger partial charge in [-0.1, -0.05) is 13.8 Å². The average Bonchev–Trinajstić information content (AvgIpc) is 2.32. The summed E-state index contributed by atoms with van der Waals surface area (Å²) in [6.45, 7) is 9.73. The second-order valence-electron chi connectivity index (χ2n) is 6.59. The molecule has 0 spiro atoms. The van der Waals surface area contributed by atoms with Gasteiger partial charge in [-0.3, -0.25) is 9.59 Å². The lowest BCUT2D eigenvalue weighted by Crippen LogP contribution is -2.51. The number of amides is 2. The van der Waals surface area contributed by atoms with E-state index >= 15 is 0 Å². The van der Waals surface area contributed by atoms with Crippen LogP contribution in [0, 0.1) is 17.8 Å². The first-order valence-electron chi connectivity index (χ1n) is 7.58. The van der Waals surface area contributed by atoms with Crippen molar-refractivity contribution in [3.63, 3.8) is 0 Å². The Kier molecular flexibility index (Phi) is 5.99. The molecule has 20 heavy (non-hydrogen) atoms. The fourth-order valence-electron chi connectivity index (χ4n) is 2.84. The van der Waals surface area contributed by atoms with Crippen molar-refractivity contribution in [1.29, 1.82) is 0 Å². The van der Waals surface area contributed by atoms with E-state index in [9.17, 15) is 9.59 Å². The number of hydrogen-bond donors (Lipinski definition) is 3. The molecule has 1 fully saturated rings. The number of carbonyl (C=O) groups is 2. The summed E-state index contributed by atoms with van der Waals surface area (Å²) in [6, 6.07) is -0.362. The highest BCUT2D eigenvalue weighted by Crippen LogP contribution is 2.32. The molecule has 0 radical (unpaired) electrons. The topological polar surface area (TPSA) is 84.2 Å². The maximum atomic E-state index is 12.3. The van der Waals surface area contributed by atoms with Gasteiger partial charge < -0.3 is 16.4 Å². The van der Waals surface area contributed by atoms with Crippen LogP contribution in [0.5, 0.6) is 0 Å². The van der Waals surface area contributed by atoms with Gasteiger partial charge in [-0.05, 0) is 45.4 Å². The number of nitrogens with two attached hydrogens (primary N) is 1. The highest BCUT2D eigenvalue weighted by atomic mass is 16.2. The Morgan fingerprint density at radius 1 is 1.05 bits per heavy atom. The van der Waals surface area contributed by atoms with Crippen molar-refractivity contribution in [2.75, 3.05) is 0 Å². The van der Waals surface area contributed by atoms with Crippen LogP contribution in [0.4, 0.5) is 0 Å². The van der Waals surface area contributed by atoms with Crippen molar-refractivity contribution in [1.82, 2.24) is 10.6 Å². The van der Waals surface area contributed by atoms with Gasteiger partial charge >= 0.3 is 0 Å². The number of rotatable bonds is 4. The summed E-state index contributed by atoms with van der Waals surface area (Å²) >= 11 is 0. The summed E-state index contributed by atoms with van der Waals surface area (Å²) in [5, 5.41) is 5.61. The smallest absolute Gasteiger partial charge is 0.242 e. The highest BCUT2D eigenvalue weighted by Gasteiger charge is 2.35. The Bertz CT molecular complexity index is 357. The van der Waals surface area contributed by atoms with Gasteiger partial charge in [0.2, 0.25) is 11.8 Å². The summed E-state index contributed by atoms with van der Waals surface area (Å²) in [6.07, 6.45) is 1.67. The first-order chi connectivity index (χ1) is 9.22. The normalized spacial score (nSPS) is 31.8.